The van der Waals surface area contributed by atoms with Crippen LogP contribution in [-0.4, -0.2) is 43.6 Å². The van der Waals surface area contributed by atoms with Crippen LogP contribution in [0, 0.1) is 0 Å². The molecule has 2 aliphatic rings. The summed E-state index contributed by atoms with van der Waals surface area (Å²) in [5.41, 5.74) is 1.99. The van der Waals surface area contributed by atoms with E-state index < -0.39 is 11.7 Å². The van der Waals surface area contributed by atoms with Gasteiger partial charge in [0.1, 0.15) is 17.6 Å². The third-order valence-electron chi connectivity index (χ3n) is 5.70. The van der Waals surface area contributed by atoms with Gasteiger partial charge in [-0.3, -0.25) is 15.0 Å². The largest absolute Gasteiger partial charge is 0.497 e. The Balaban J connectivity index is 1.55. The number of hydrogen-bond acceptors (Lipinski definition) is 6. The molecular formula is C23H25N3O4. The first-order chi connectivity index (χ1) is 14.6. The zero-order chi connectivity index (χ0) is 21.0. The minimum Gasteiger partial charge on any atom is -0.497 e. The molecule has 2 aromatic rings. The van der Waals surface area contributed by atoms with Crippen LogP contribution in [0.4, 0.5) is 16.2 Å². The summed E-state index contributed by atoms with van der Waals surface area (Å²) in [5.74, 6) is 0.729. The highest BCUT2D eigenvalue weighted by Crippen LogP contribution is 2.45. The molecular weight excluding hydrogens is 382 g/mol. The molecule has 1 spiro atoms. The number of allylic oxidation sites excluding steroid dienone is 1. The van der Waals surface area contributed by atoms with Gasteiger partial charge in [0.2, 0.25) is 0 Å². The van der Waals surface area contributed by atoms with Crippen molar-refractivity contribution in [1.82, 2.24) is 4.90 Å². The van der Waals surface area contributed by atoms with E-state index in [0.717, 1.165) is 29.0 Å². The molecule has 1 unspecified atom stereocenters. The summed E-state index contributed by atoms with van der Waals surface area (Å²) in [6.45, 7) is 1.38. The summed E-state index contributed by atoms with van der Waals surface area (Å²) in [4.78, 5) is 25.4. The molecule has 0 bridgehead atoms. The Kier molecular flexibility index (Phi) is 5.72. The Morgan fingerprint density at radius 1 is 1.20 bits per heavy atom. The van der Waals surface area contributed by atoms with E-state index in [1.54, 1.807) is 7.11 Å². The molecule has 2 aromatic carbocycles. The Morgan fingerprint density at radius 3 is 2.67 bits per heavy atom. The SMILES string of the molecule is COc1ccc2c(c1)C1(CCN(C(C=CC=O)Nc3ccccc3)CC1)OC(=O)N2. The van der Waals surface area contributed by atoms with Crippen molar-refractivity contribution in [3.05, 3.63) is 66.2 Å². The number of methoxy groups -OCH3 is 1. The number of benzene rings is 2. The van der Waals surface area contributed by atoms with E-state index in [0.29, 0.717) is 25.9 Å². The number of likely N-dealkylation sites (tertiary alicyclic amines) is 1. The molecule has 1 amide bonds. The van der Waals surface area contributed by atoms with Crippen LogP contribution in [0.2, 0.25) is 0 Å². The molecule has 0 radical (unpaired) electrons. The van der Waals surface area contributed by atoms with Crippen LogP contribution in [0.5, 0.6) is 5.75 Å². The van der Waals surface area contributed by atoms with Gasteiger partial charge in [-0.05, 0) is 42.5 Å². The fourth-order valence-electron chi connectivity index (χ4n) is 4.16. The predicted molar refractivity (Wildman–Crippen MR) is 115 cm³/mol. The van der Waals surface area contributed by atoms with Crippen LogP contribution < -0.4 is 15.4 Å². The summed E-state index contributed by atoms with van der Waals surface area (Å²) in [6.07, 6.45) is 4.85. The lowest BCUT2D eigenvalue weighted by atomic mass is 9.82. The number of carbonyl (C=O) groups excluding carboxylic acids is 2. The molecule has 1 fully saturated rings. The third-order valence-corrected chi connectivity index (χ3v) is 5.70. The second-order valence-corrected chi connectivity index (χ2v) is 7.43. The van der Waals surface area contributed by atoms with Crippen LogP contribution in [0.3, 0.4) is 0 Å². The van der Waals surface area contributed by atoms with Crippen molar-refractivity contribution < 1.29 is 19.1 Å². The quantitative estimate of drug-likeness (QED) is 0.561. The van der Waals surface area contributed by atoms with E-state index in [1.807, 2.05) is 54.6 Å². The number of hydrogen-bond donors (Lipinski definition) is 2. The van der Waals surface area contributed by atoms with Gasteiger partial charge in [-0.25, -0.2) is 4.79 Å². The Labute approximate surface area is 175 Å². The van der Waals surface area contributed by atoms with Crippen molar-refractivity contribution in [3.63, 3.8) is 0 Å². The zero-order valence-corrected chi connectivity index (χ0v) is 16.8. The van der Waals surface area contributed by atoms with Crippen molar-refractivity contribution in [2.45, 2.75) is 24.6 Å². The second kappa shape index (κ2) is 8.59. The molecule has 7 nitrogen and oxygen atoms in total. The standard InChI is InChI=1S/C23H25N3O4/c1-29-18-9-10-20-19(16-18)23(30-22(28)25-20)11-13-26(14-12-23)21(8-5-15-27)24-17-6-3-2-4-7-17/h2-10,15-16,21,24H,11-14H2,1H3,(H,25,28). The number of fused-ring (bicyclic) bond motifs is 2. The van der Waals surface area contributed by atoms with Crippen molar-refractivity contribution >= 4 is 23.8 Å². The number of amides is 1. The fraction of sp³-hybridized carbons (Fsp3) is 0.304. The lowest BCUT2D eigenvalue weighted by molar-refractivity contribution is -0.104. The fourth-order valence-corrected chi connectivity index (χ4v) is 4.16. The number of ether oxygens (including phenoxy) is 2. The monoisotopic (exact) mass is 407 g/mol. The van der Waals surface area contributed by atoms with Gasteiger partial charge in [0.05, 0.1) is 19.0 Å². The number of aldehydes is 1. The molecule has 1 saturated heterocycles. The number of nitrogens with zero attached hydrogens (tertiary/aromatic N) is 1. The van der Waals surface area contributed by atoms with E-state index in [4.69, 9.17) is 9.47 Å². The van der Waals surface area contributed by atoms with E-state index in [9.17, 15) is 9.59 Å². The summed E-state index contributed by atoms with van der Waals surface area (Å²) in [5, 5.41) is 6.25. The maximum absolute atomic E-state index is 12.2. The summed E-state index contributed by atoms with van der Waals surface area (Å²) in [6, 6.07) is 15.5. The van der Waals surface area contributed by atoms with Gasteiger partial charge in [-0.15, -0.1) is 0 Å². The second-order valence-electron chi connectivity index (χ2n) is 7.43. The number of anilines is 2. The van der Waals surface area contributed by atoms with E-state index in [2.05, 4.69) is 15.5 Å². The molecule has 0 aliphatic carbocycles. The minimum absolute atomic E-state index is 0.142. The molecule has 2 N–H and O–H groups in total. The maximum Gasteiger partial charge on any atom is 0.412 e. The average Bonchev–Trinajstić information content (AvgIpc) is 2.78. The lowest BCUT2D eigenvalue weighted by Crippen LogP contribution is -2.52. The van der Waals surface area contributed by atoms with Crippen molar-refractivity contribution in [2.24, 2.45) is 0 Å². The van der Waals surface area contributed by atoms with Gasteiger partial charge >= 0.3 is 6.09 Å². The number of piperidine rings is 1. The number of para-hydroxylation sites is 1. The summed E-state index contributed by atoms with van der Waals surface area (Å²) < 4.78 is 11.2. The Hall–Kier alpha value is -3.32. The van der Waals surface area contributed by atoms with Gasteiger partial charge in [0, 0.05) is 37.2 Å². The van der Waals surface area contributed by atoms with Crippen LogP contribution in [0.15, 0.2) is 60.7 Å². The third kappa shape index (κ3) is 4.02. The molecule has 30 heavy (non-hydrogen) atoms. The Morgan fingerprint density at radius 2 is 1.97 bits per heavy atom. The highest BCUT2D eigenvalue weighted by molar-refractivity contribution is 5.89. The first kappa shape index (κ1) is 20.0. The molecule has 7 heteroatoms. The van der Waals surface area contributed by atoms with Crippen LogP contribution in [0.1, 0.15) is 18.4 Å². The van der Waals surface area contributed by atoms with Crippen molar-refractivity contribution in [2.75, 3.05) is 30.8 Å². The minimum atomic E-state index is -0.686. The molecule has 2 aliphatic heterocycles. The smallest absolute Gasteiger partial charge is 0.412 e. The van der Waals surface area contributed by atoms with Gasteiger partial charge in [0.25, 0.3) is 0 Å². The van der Waals surface area contributed by atoms with E-state index in [-0.39, 0.29) is 6.17 Å². The number of nitrogens with one attached hydrogen (secondary N) is 2. The molecule has 1 atom stereocenters. The molecule has 0 aromatic heterocycles. The topological polar surface area (TPSA) is 79.9 Å². The van der Waals surface area contributed by atoms with Gasteiger partial charge in [-0.1, -0.05) is 18.2 Å². The maximum atomic E-state index is 12.2. The van der Waals surface area contributed by atoms with Crippen molar-refractivity contribution in [3.8, 4) is 5.75 Å². The van der Waals surface area contributed by atoms with Gasteiger partial charge in [0.15, 0.2) is 0 Å². The molecule has 0 saturated carbocycles. The van der Waals surface area contributed by atoms with E-state index >= 15 is 0 Å². The van der Waals surface area contributed by atoms with Crippen LogP contribution >= 0.6 is 0 Å². The summed E-state index contributed by atoms with van der Waals surface area (Å²) in [7, 11) is 1.62. The van der Waals surface area contributed by atoms with Crippen molar-refractivity contribution in [1.29, 1.82) is 0 Å². The molecule has 156 valence electrons. The predicted octanol–water partition coefficient (Wildman–Crippen LogP) is 3.74. The Bertz CT molecular complexity index is 937. The summed E-state index contributed by atoms with van der Waals surface area (Å²) >= 11 is 0. The van der Waals surface area contributed by atoms with Crippen LogP contribution in [-0.2, 0) is 15.1 Å². The molecule has 4 rings (SSSR count). The van der Waals surface area contributed by atoms with Gasteiger partial charge < -0.3 is 14.8 Å². The first-order valence-corrected chi connectivity index (χ1v) is 10.00. The average molecular weight is 407 g/mol. The lowest BCUT2D eigenvalue weighted by Gasteiger charge is -2.45. The van der Waals surface area contributed by atoms with Crippen LogP contribution in [0.25, 0.3) is 0 Å². The zero-order valence-electron chi connectivity index (χ0n) is 16.8. The van der Waals surface area contributed by atoms with E-state index in [1.165, 1.54) is 6.08 Å². The highest BCUT2D eigenvalue weighted by Gasteiger charge is 2.45. The highest BCUT2D eigenvalue weighted by atomic mass is 16.6. The van der Waals surface area contributed by atoms with Gasteiger partial charge in [-0.2, -0.15) is 0 Å². The number of carbonyl (C=O) groups is 2. The molecule has 2 heterocycles. The first-order valence-electron chi connectivity index (χ1n) is 10.00. The number of rotatable bonds is 6. The normalized spacial score (nSPS) is 18.9.